The molecule has 1 aliphatic rings. The van der Waals surface area contributed by atoms with Crippen LogP contribution in [0.3, 0.4) is 0 Å². The molecule has 1 fully saturated rings. The number of benzene rings is 2. The second-order valence-electron chi connectivity index (χ2n) is 6.05. The lowest BCUT2D eigenvalue weighted by Gasteiger charge is -2.15. The van der Waals surface area contributed by atoms with Gasteiger partial charge in [-0.25, -0.2) is 8.42 Å². The van der Waals surface area contributed by atoms with E-state index in [-0.39, 0.29) is 16.6 Å². The fourth-order valence-electron chi connectivity index (χ4n) is 2.73. The highest BCUT2D eigenvalue weighted by molar-refractivity contribution is 7.89. The number of anilines is 1. The number of phenols is 1. The standard InChI is InChI=1S/C19H20N2O4S/c22-17-8-3-15(4-9-17)5-12-19(23)20-16-6-10-18(11-7-16)26(24,25)21-13-1-2-14-21/h3-12,22H,1-2,13-14H2,(H,20,23)/b12-5+. The number of aromatic hydroxyl groups is 1. The minimum absolute atomic E-state index is 0.163. The second kappa shape index (κ2) is 7.72. The zero-order chi connectivity index (χ0) is 18.6. The molecule has 136 valence electrons. The molecule has 6 nitrogen and oxygen atoms in total. The van der Waals surface area contributed by atoms with E-state index >= 15 is 0 Å². The van der Waals surface area contributed by atoms with Gasteiger partial charge in [-0.05, 0) is 60.9 Å². The third-order valence-electron chi connectivity index (χ3n) is 4.14. The third kappa shape index (κ3) is 4.30. The molecule has 0 saturated carbocycles. The van der Waals surface area contributed by atoms with E-state index < -0.39 is 10.0 Å². The van der Waals surface area contributed by atoms with Crippen molar-refractivity contribution in [2.45, 2.75) is 17.7 Å². The Morgan fingerprint density at radius 2 is 1.62 bits per heavy atom. The van der Waals surface area contributed by atoms with E-state index in [1.165, 1.54) is 34.6 Å². The number of sulfonamides is 1. The summed E-state index contributed by atoms with van der Waals surface area (Å²) >= 11 is 0. The lowest BCUT2D eigenvalue weighted by atomic mass is 10.2. The maximum atomic E-state index is 12.5. The molecule has 26 heavy (non-hydrogen) atoms. The monoisotopic (exact) mass is 372 g/mol. The van der Waals surface area contributed by atoms with Gasteiger partial charge in [0, 0.05) is 24.9 Å². The molecule has 1 aliphatic heterocycles. The van der Waals surface area contributed by atoms with Crippen LogP contribution in [0.25, 0.3) is 6.08 Å². The van der Waals surface area contributed by atoms with Gasteiger partial charge in [0.2, 0.25) is 15.9 Å². The van der Waals surface area contributed by atoms with Gasteiger partial charge in [0.05, 0.1) is 4.90 Å². The number of hydrogen-bond acceptors (Lipinski definition) is 4. The van der Waals surface area contributed by atoms with Crippen LogP contribution in [0.15, 0.2) is 59.5 Å². The molecule has 1 saturated heterocycles. The first-order chi connectivity index (χ1) is 12.4. The minimum Gasteiger partial charge on any atom is -0.508 e. The van der Waals surface area contributed by atoms with Crippen LogP contribution in [0.5, 0.6) is 5.75 Å². The molecule has 0 spiro atoms. The van der Waals surface area contributed by atoms with Crippen molar-refractivity contribution in [1.82, 2.24) is 4.31 Å². The number of rotatable bonds is 5. The molecule has 3 rings (SSSR count). The Morgan fingerprint density at radius 3 is 2.23 bits per heavy atom. The molecule has 0 aromatic heterocycles. The third-order valence-corrected chi connectivity index (χ3v) is 6.06. The Labute approximate surface area is 152 Å². The second-order valence-corrected chi connectivity index (χ2v) is 7.99. The normalized spacial score (nSPS) is 15.4. The van der Waals surface area contributed by atoms with Crippen molar-refractivity contribution in [3.8, 4) is 5.75 Å². The quantitative estimate of drug-likeness (QED) is 0.790. The molecule has 0 bridgehead atoms. The van der Waals surface area contributed by atoms with Crippen LogP contribution in [0.1, 0.15) is 18.4 Å². The molecule has 2 aromatic rings. The van der Waals surface area contributed by atoms with Crippen LogP contribution >= 0.6 is 0 Å². The van der Waals surface area contributed by atoms with Crippen molar-refractivity contribution >= 4 is 27.7 Å². The molecular formula is C19H20N2O4S. The Bertz CT molecular complexity index is 898. The summed E-state index contributed by atoms with van der Waals surface area (Å²) in [6.07, 6.45) is 4.78. The Balaban J connectivity index is 1.63. The number of hydrogen-bond donors (Lipinski definition) is 2. The molecule has 0 atom stereocenters. The first-order valence-corrected chi connectivity index (χ1v) is 9.77. The maximum absolute atomic E-state index is 12.5. The molecule has 1 heterocycles. The number of nitrogens with one attached hydrogen (secondary N) is 1. The van der Waals surface area contributed by atoms with E-state index in [1.807, 2.05) is 0 Å². The van der Waals surface area contributed by atoms with E-state index in [2.05, 4.69) is 5.32 Å². The van der Waals surface area contributed by atoms with Gasteiger partial charge in [-0.1, -0.05) is 12.1 Å². The van der Waals surface area contributed by atoms with E-state index in [1.54, 1.807) is 30.3 Å². The Morgan fingerprint density at radius 1 is 1.00 bits per heavy atom. The predicted molar refractivity (Wildman–Crippen MR) is 100 cm³/mol. The summed E-state index contributed by atoms with van der Waals surface area (Å²) in [7, 11) is -3.45. The summed E-state index contributed by atoms with van der Waals surface area (Å²) in [6, 6.07) is 12.6. The van der Waals surface area contributed by atoms with Crippen molar-refractivity contribution in [1.29, 1.82) is 0 Å². The van der Waals surface area contributed by atoms with E-state index in [0.29, 0.717) is 18.8 Å². The number of carbonyl (C=O) groups excluding carboxylic acids is 1. The lowest BCUT2D eigenvalue weighted by molar-refractivity contribution is -0.111. The molecular weight excluding hydrogens is 352 g/mol. The zero-order valence-corrected chi connectivity index (χ0v) is 14.9. The first kappa shape index (κ1) is 18.2. The van der Waals surface area contributed by atoms with Gasteiger partial charge in [-0.2, -0.15) is 4.31 Å². The van der Waals surface area contributed by atoms with Crippen molar-refractivity contribution in [3.05, 3.63) is 60.2 Å². The van der Waals surface area contributed by atoms with Crippen molar-refractivity contribution < 1.29 is 18.3 Å². The molecule has 1 amide bonds. The highest BCUT2D eigenvalue weighted by atomic mass is 32.2. The summed E-state index contributed by atoms with van der Waals surface area (Å²) in [5.41, 5.74) is 1.30. The fourth-order valence-corrected chi connectivity index (χ4v) is 4.25. The number of nitrogens with zero attached hydrogens (tertiary/aromatic N) is 1. The zero-order valence-electron chi connectivity index (χ0n) is 14.1. The van der Waals surface area contributed by atoms with Gasteiger partial charge in [-0.3, -0.25) is 4.79 Å². The predicted octanol–water partition coefficient (Wildman–Crippen LogP) is 2.83. The molecule has 0 aliphatic carbocycles. The Kier molecular flexibility index (Phi) is 5.39. The number of amides is 1. The van der Waals surface area contributed by atoms with Crippen LogP contribution in [0.2, 0.25) is 0 Å². The summed E-state index contributed by atoms with van der Waals surface area (Å²) < 4.78 is 26.4. The molecule has 7 heteroatoms. The van der Waals surface area contributed by atoms with Gasteiger partial charge in [-0.15, -0.1) is 0 Å². The summed E-state index contributed by atoms with van der Waals surface area (Å²) in [6.45, 7) is 1.12. The summed E-state index contributed by atoms with van der Waals surface area (Å²) in [5.74, 6) is -0.163. The lowest BCUT2D eigenvalue weighted by Crippen LogP contribution is -2.27. The maximum Gasteiger partial charge on any atom is 0.248 e. The smallest absolute Gasteiger partial charge is 0.248 e. The van der Waals surface area contributed by atoms with Gasteiger partial charge in [0.25, 0.3) is 0 Å². The molecule has 2 aromatic carbocycles. The number of carbonyl (C=O) groups is 1. The molecule has 0 unspecified atom stereocenters. The van der Waals surface area contributed by atoms with Gasteiger partial charge < -0.3 is 10.4 Å². The van der Waals surface area contributed by atoms with E-state index in [9.17, 15) is 18.3 Å². The highest BCUT2D eigenvalue weighted by Gasteiger charge is 2.26. The highest BCUT2D eigenvalue weighted by Crippen LogP contribution is 2.22. The fraction of sp³-hybridized carbons (Fsp3) is 0.211. The average Bonchev–Trinajstić information content (AvgIpc) is 3.17. The topological polar surface area (TPSA) is 86.7 Å². The van der Waals surface area contributed by atoms with E-state index in [4.69, 9.17) is 0 Å². The van der Waals surface area contributed by atoms with Gasteiger partial charge in [0.15, 0.2) is 0 Å². The SMILES string of the molecule is O=C(/C=C/c1ccc(O)cc1)Nc1ccc(S(=O)(=O)N2CCCC2)cc1. The van der Waals surface area contributed by atoms with Crippen molar-refractivity contribution in [2.24, 2.45) is 0 Å². The molecule has 0 radical (unpaired) electrons. The van der Waals surface area contributed by atoms with Crippen LogP contribution in [-0.2, 0) is 14.8 Å². The number of phenolic OH excluding ortho intramolecular Hbond substituents is 1. The van der Waals surface area contributed by atoms with E-state index in [0.717, 1.165) is 18.4 Å². The van der Waals surface area contributed by atoms with Crippen LogP contribution in [-0.4, -0.2) is 36.8 Å². The summed E-state index contributed by atoms with van der Waals surface area (Å²) in [5, 5.41) is 11.9. The van der Waals surface area contributed by atoms with Crippen LogP contribution < -0.4 is 5.32 Å². The van der Waals surface area contributed by atoms with Gasteiger partial charge in [0.1, 0.15) is 5.75 Å². The Hall–Kier alpha value is -2.64. The average molecular weight is 372 g/mol. The first-order valence-electron chi connectivity index (χ1n) is 8.33. The van der Waals surface area contributed by atoms with Gasteiger partial charge >= 0.3 is 0 Å². The van der Waals surface area contributed by atoms with Crippen LogP contribution in [0, 0.1) is 0 Å². The largest absolute Gasteiger partial charge is 0.508 e. The summed E-state index contributed by atoms with van der Waals surface area (Å²) in [4.78, 5) is 12.2. The molecule has 2 N–H and O–H groups in total. The van der Waals surface area contributed by atoms with Crippen molar-refractivity contribution in [2.75, 3.05) is 18.4 Å². The minimum atomic E-state index is -3.45. The van der Waals surface area contributed by atoms with Crippen molar-refractivity contribution in [3.63, 3.8) is 0 Å². The van der Waals surface area contributed by atoms with Crippen LogP contribution in [0.4, 0.5) is 5.69 Å².